The quantitative estimate of drug-likeness (QED) is 0.101. The number of carbonyl (C=O) groups is 1. The summed E-state index contributed by atoms with van der Waals surface area (Å²) in [5.74, 6) is 0.389. The average molecular weight is 494 g/mol. The Hall–Kier alpha value is -2.17. The highest BCUT2D eigenvalue weighted by Gasteiger charge is 2.46. The van der Waals surface area contributed by atoms with Crippen LogP contribution in [0.4, 0.5) is 0 Å². The van der Waals surface area contributed by atoms with Gasteiger partial charge >= 0.3 is 0 Å². The number of aliphatic hydroxyl groups excluding tert-OH is 3. The third-order valence-electron chi connectivity index (χ3n) is 7.13. The smallest absolute Gasteiger partial charge is 0.252 e. The van der Waals surface area contributed by atoms with Crippen LogP contribution >= 0.6 is 0 Å². The summed E-state index contributed by atoms with van der Waals surface area (Å²) in [7, 11) is 0. The maximum Gasteiger partial charge on any atom is 0.252 e. The van der Waals surface area contributed by atoms with Crippen molar-refractivity contribution in [3.05, 3.63) is 21.6 Å². The number of aliphatic hydroxyl groups is 3. The first-order chi connectivity index (χ1) is 17.0. The SMILES string of the molecule is [N-]=[N+]=NCC1=C(C[C@]2(C(=O)NCC(O)CO)COC(C3CCC(OCCCO)CC3)=N2)CCCC1. The van der Waals surface area contributed by atoms with E-state index >= 15 is 0 Å². The number of hydrogen-bond acceptors (Lipinski definition) is 8. The van der Waals surface area contributed by atoms with Crippen molar-refractivity contribution < 1.29 is 29.6 Å². The van der Waals surface area contributed by atoms with E-state index in [2.05, 4.69) is 15.3 Å². The van der Waals surface area contributed by atoms with Crippen molar-refractivity contribution in [1.29, 1.82) is 0 Å². The van der Waals surface area contributed by atoms with E-state index in [9.17, 15) is 9.90 Å². The molecular formula is C24H39N5O6. The Bertz CT molecular complexity index is 819. The van der Waals surface area contributed by atoms with Crippen LogP contribution in [0.5, 0.6) is 0 Å². The minimum absolute atomic E-state index is 0.0666. The Morgan fingerprint density at radius 2 is 2.00 bits per heavy atom. The maximum atomic E-state index is 13.4. The zero-order valence-electron chi connectivity index (χ0n) is 20.4. The van der Waals surface area contributed by atoms with Gasteiger partial charge in [-0.05, 0) is 63.3 Å². The Labute approximate surface area is 206 Å². The van der Waals surface area contributed by atoms with Gasteiger partial charge < -0.3 is 30.1 Å². The fourth-order valence-electron chi connectivity index (χ4n) is 5.10. The molecule has 0 spiro atoms. The Kier molecular flexibility index (Phi) is 10.8. The molecule has 3 rings (SSSR count). The molecule has 2 atom stereocenters. The van der Waals surface area contributed by atoms with Crippen molar-refractivity contribution in [2.24, 2.45) is 16.0 Å². The number of nitrogens with zero attached hydrogens (tertiary/aromatic N) is 4. The molecule has 11 nitrogen and oxygen atoms in total. The van der Waals surface area contributed by atoms with Gasteiger partial charge in [0.25, 0.3) is 5.91 Å². The van der Waals surface area contributed by atoms with Gasteiger partial charge in [0.1, 0.15) is 6.61 Å². The molecule has 1 aliphatic heterocycles. The van der Waals surface area contributed by atoms with Gasteiger partial charge in [-0.2, -0.15) is 0 Å². The summed E-state index contributed by atoms with van der Waals surface area (Å²) < 4.78 is 11.9. The molecule has 0 bridgehead atoms. The van der Waals surface area contributed by atoms with Crippen LogP contribution in [0.15, 0.2) is 21.3 Å². The largest absolute Gasteiger partial charge is 0.478 e. The number of hydrogen-bond donors (Lipinski definition) is 4. The molecule has 35 heavy (non-hydrogen) atoms. The second-order valence-electron chi connectivity index (χ2n) is 9.72. The lowest BCUT2D eigenvalue weighted by Gasteiger charge is -2.28. The van der Waals surface area contributed by atoms with Gasteiger partial charge in [0, 0.05) is 43.6 Å². The molecule has 0 aromatic rings. The van der Waals surface area contributed by atoms with Crippen molar-refractivity contribution in [2.75, 3.05) is 39.5 Å². The number of azide groups is 1. The average Bonchev–Trinajstić information content (AvgIpc) is 3.32. The first-order valence-corrected chi connectivity index (χ1v) is 12.7. The van der Waals surface area contributed by atoms with Gasteiger partial charge in [-0.15, -0.1) is 0 Å². The van der Waals surface area contributed by atoms with Crippen molar-refractivity contribution in [3.63, 3.8) is 0 Å². The second kappa shape index (κ2) is 13.8. The van der Waals surface area contributed by atoms with Crippen LogP contribution in [0.25, 0.3) is 10.4 Å². The summed E-state index contributed by atoms with van der Waals surface area (Å²) in [6.45, 7) is 0.589. The van der Waals surface area contributed by atoms with Crippen LogP contribution in [-0.4, -0.2) is 84.4 Å². The lowest BCUT2D eigenvalue weighted by atomic mass is 9.82. The van der Waals surface area contributed by atoms with E-state index in [-0.39, 0.29) is 37.7 Å². The number of amides is 1. The molecule has 0 aromatic heterocycles. The van der Waals surface area contributed by atoms with Gasteiger partial charge in [0.05, 0.1) is 18.8 Å². The predicted molar refractivity (Wildman–Crippen MR) is 130 cm³/mol. The van der Waals surface area contributed by atoms with E-state index < -0.39 is 18.2 Å². The molecular weight excluding hydrogens is 454 g/mol. The van der Waals surface area contributed by atoms with E-state index in [0.717, 1.165) is 62.5 Å². The van der Waals surface area contributed by atoms with Crippen molar-refractivity contribution in [2.45, 2.75) is 82.0 Å². The third kappa shape index (κ3) is 7.65. The molecule has 11 heteroatoms. The molecule has 2 aliphatic carbocycles. The first kappa shape index (κ1) is 27.4. The molecule has 1 heterocycles. The molecule has 1 unspecified atom stereocenters. The van der Waals surface area contributed by atoms with Gasteiger partial charge in [-0.25, -0.2) is 4.99 Å². The Balaban J connectivity index is 1.76. The molecule has 1 saturated carbocycles. The zero-order chi connectivity index (χ0) is 25.1. The van der Waals surface area contributed by atoms with E-state index in [1.807, 2.05) is 0 Å². The molecule has 196 valence electrons. The van der Waals surface area contributed by atoms with Crippen LogP contribution in [0.3, 0.4) is 0 Å². The van der Waals surface area contributed by atoms with E-state index in [0.29, 0.717) is 31.9 Å². The zero-order valence-corrected chi connectivity index (χ0v) is 20.4. The Morgan fingerprint density at radius 1 is 1.26 bits per heavy atom. The highest BCUT2D eigenvalue weighted by molar-refractivity contribution is 5.93. The predicted octanol–water partition coefficient (Wildman–Crippen LogP) is 2.15. The Morgan fingerprint density at radius 3 is 2.69 bits per heavy atom. The van der Waals surface area contributed by atoms with Crippen molar-refractivity contribution in [1.82, 2.24) is 5.32 Å². The molecule has 0 radical (unpaired) electrons. The molecule has 1 fully saturated rings. The number of carbonyl (C=O) groups excluding carboxylic acids is 1. The summed E-state index contributed by atoms with van der Waals surface area (Å²) in [6.07, 6.45) is 7.30. The number of aliphatic imine (C=N–C) groups is 1. The first-order valence-electron chi connectivity index (χ1n) is 12.7. The maximum absolute atomic E-state index is 13.4. The molecule has 0 aromatic carbocycles. The summed E-state index contributed by atoms with van der Waals surface area (Å²) in [4.78, 5) is 21.2. The number of rotatable bonds is 13. The summed E-state index contributed by atoms with van der Waals surface area (Å²) in [5.41, 5.74) is 9.79. The van der Waals surface area contributed by atoms with Gasteiger partial charge in [0.15, 0.2) is 11.4 Å². The lowest BCUT2D eigenvalue weighted by Crippen LogP contribution is -2.49. The monoisotopic (exact) mass is 493 g/mol. The van der Waals surface area contributed by atoms with E-state index in [4.69, 9.17) is 30.2 Å². The van der Waals surface area contributed by atoms with Crippen LogP contribution in [0.1, 0.15) is 64.2 Å². The number of nitrogens with one attached hydrogen (secondary N) is 1. The minimum Gasteiger partial charge on any atom is -0.478 e. The van der Waals surface area contributed by atoms with Crippen molar-refractivity contribution >= 4 is 11.8 Å². The normalized spacial score (nSPS) is 27.6. The summed E-state index contributed by atoms with van der Waals surface area (Å²) in [6, 6.07) is 0. The number of ether oxygens (including phenoxy) is 2. The van der Waals surface area contributed by atoms with Crippen LogP contribution in [0.2, 0.25) is 0 Å². The summed E-state index contributed by atoms with van der Waals surface area (Å²) >= 11 is 0. The second-order valence-corrected chi connectivity index (χ2v) is 9.72. The lowest BCUT2D eigenvalue weighted by molar-refractivity contribution is -0.127. The highest BCUT2D eigenvalue weighted by Crippen LogP contribution is 2.38. The highest BCUT2D eigenvalue weighted by atomic mass is 16.5. The molecule has 1 amide bonds. The fourth-order valence-corrected chi connectivity index (χ4v) is 5.10. The van der Waals surface area contributed by atoms with Gasteiger partial charge in [-0.3, -0.25) is 4.79 Å². The van der Waals surface area contributed by atoms with Gasteiger partial charge in [-0.1, -0.05) is 16.3 Å². The van der Waals surface area contributed by atoms with Crippen LogP contribution < -0.4 is 5.32 Å². The molecule has 4 N–H and O–H groups in total. The van der Waals surface area contributed by atoms with E-state index in [1.165, 1.54) is 0 Å². The minimum atomic E-state index is -1.15. The third-order valence-corrected chi connectivity index (χ3v) is 7.13. The van der Waals surface area contributed by atoms with Gasteiger partial charge in [0.2, 0.25) is 0 Å². The van der Waals surface area contributed by atoms with E-state index in [1.54, 1.807) is 0 Å². The standard InChI is InChI=1S/C24H39N5O6/c25-29-27-13-19-5-2-1-4-18(19)12-24(23(33)26-14-20(32)15-31)16-35-22(28-24)17-6-8-21(9-7-17)34-11-3-10-30/h17,20-21,30-32H,1-16H2,(H,26,33)/t17?,20?,21?,24-/m1/s1. The van der Waals surface area contributed by atoms with Crippen LogP contribution in [0, 0.1) is 5.92 Å². The van der Waals surface area contributed by atoms with Crippen molar-refractivity contribution in [3.8, 4) is 0 Å². The topological polar surface area (TPSA) is 169 Å². The molecule has 0 saturated heterocycles. The van der Waals surface area contributed by atoms with Crippen LogP contribution in [-0.2, 0) is 14.3 Å². The summed E-state index contributed by atoms with van der Waals surface area (Å²) in [5, 5.41) is 34.3. The fraction of sp³-hybridized carbons (Fsp3) is 0.833. The molecule has 3 aliphatic rings.